The third kappa shape index (κ3) is 2.31. The molecule has 0 unspecified atom stereocenters. The number of amides is 1. The third-order valence-corrected chi connectivity index (χ3v) is 2.17. The Bertz CT molecular complexity index is 465. The van der Waals surface area contributed by atoms with Crippen molar-refractivity contribution >= 4 is 17.4 Å². The van der Waals surface area contributed by atoms with Gasteiger partial charge in [-0.05, 0) is 12.1 Å². The Morgan fingerprint density at radius 3 is 3.06 bits per heavy atom. The second kappa shape index (κ2) is 4.65. The number of azo groups is 1. The molecule has 1 aliphatic rings. The summed E-state index contributed by atoms with van der Waals surface area (Å²) in [5.74, 6) is 0.611. The molecule has 1 aromatic rings. The molecule has 1 heterocycles. The molecular formula is C11H12N4O. The van der Waals surface area contributed by atoms with E-state index in [0.717, 1.165) is 11.3 Å². The zero-order valence-electron chi connectivity index (χ0n) is 8.97. The van der Waals surface area contributed by atoms with Gasteiger partial charge in [0.05, 0.1) is 0 Å². The maximum atomic E-state index is 11.2. The van der Waals surface area contributed by atoms with Crippen LogP contribution in [0.2, 0.25) is 0 Å². The van der Waals surface area contributed by atoms with Gasteiger partial charge in [-0.3, -0.25) is 4.79 Å². The fourth-order valence-electron chi connectivity index (χ4n) is 1.36. The number of nitrogens with one attached hydrogen (secondary N) is 1. The highest BCUT2D eigenvalue weighted by Gasteiger charge is 2.07. The zero-order chi connectivity index (χ0) is 11.4. The first-order valence-electron chi connectivity index (χ1n) is 5.12. The van der Waals surface area contributed by atoms with E-state index >= 15 is 0 Å². The summed E-state index contributed by atoms with van der Waals surface area (Å²) in [6.45, 7) is 2.20. The van der Waals surface area contributed by atoms with E-state index in [1.165, 1.54) is 0 Å². The quantitative estimate of drug-likeness (QED) is 0.826. The number of carbonyl (C=O) groups excluding carboxylic acids is 1. The van der Waals surface area contributed by atoms with Gasteiger partial charge in [0.1, 0.15) is 0 Å². The van der Waals surface area contributed by atoms with Gasteiger partial charge in [0.2, 0.25) is 5.91 Å². The molecule has 82 valence electrons. The summed E-state index contributed by atoms with van der Waals surface area (Å²) in [5, 5.41) is 10.5. The van der Waals surface area contributed by atoms with E-state index in [4.69, 9.17) is 0 Å². The van der Waals surface area contributed by atoms with Crippen LogP contribution in [0.15, 0.2) is 39.5 Å². The minimum atomic E-state index is -0.00728. The largest absolute Gasteiger partial charge is 0.326 e. The van der Waals surface area contributed by atoms with E-state index in [1.54, 1.807) is 0 Å². The van der Waals surface area contributed by atoms with Gasteiger partial charge in [-0.15, -0.1) is 5.11 Å². The van der Waals surface area contributed by atoms with Gasteiger partial charge in [0, 0.05) is 17.7 Å². The molecule has 0 aliphatic carbocycles. The number of benzene rings is 1. The van der Waals surface area contributed by atoms with Crippen molar-refractivity contribution in [1.29, 1.82) is 0 Å². The van der Waals surface area contributed by atoms with Crippen molar-refractivity contribution < 1.29 is 4.79 Å². The zero-order valence-corrected chi connectivity index (χ0v) is 8.97. The smallest absolute Gasteiger partial charge is 0.224 e. The summed E-state index contributed by atoms with van der Waals surface area (Å²) in [4.78, 5) is 15.3. The Labute approximate surface area is 93.3 Å². The Hall–Kier alpha value is -2.04. The van der Waals surface area contributed by atoms with E-state index < -0.39 is 0 Å². The molecule has 0 aromatic heterocycles. The van der Waals surface area contributed by atoms with Crippen molar-refractivity contribution in [3.63, 3.8) is 0 Å². The van der Waals surface area contributed by atoms with Gasteiger partial charge in [0.25, 0.3) is 0 Å². The minimum absolute atomic E-state index is 0.00728. The average Bonchev–Trinajstić information content (AvgIpc) is 2.83. The Balaban J connectivity index is 2.19. The van der Waals surface area contributed by atoms with Crippen molar-refractivity contribution in [2.45, 2.75) is 13.3 Å². The third-order valence-electron chi connectivity index (χ3n) is 2.17. The number of amidine groups is 1. The van der Waals surface area contributed by atoms with Crippen LogP contribution >= 0.6 is 0 Å². The van der Waals surface area contributed by atoms with Gasteiger partial charge < -0.3 is 5.32 Å². The molecule has 0 bridgehead atoms. The average molecular weight is 216 g/mol. The molecule has 5 heteroatoms. The van der Waals surface area contributed by atoms with Gasteiger partial charge in [-0.2, -0.15) is 5.11 Å². The molecule has 16 heavy (non-hydrogen) atoms. The predicted octanol–water partition coefficient (Wildman–Crippen LogP) is 2.21. The van der Waals surface area contributed by atoms with Gasteiger partial charge in [-0.25, -0.2) is 4.99 Å². The summed E-state index contributed by atoms with van der Waals surface area (Å²) in [5.41, 5.74) is 1.63. The van der Waals surface area contributed by atoms with Crippen LogP contribution in [0.4, 0.5) is 5.69 Å². The van der Waals surface area contributed by atoms with E-state index in [2.05, 4.69) is 20.5 Å². The molecule has 0 saturated heterocycles. The lowest BCUT2D eigenvalue weighted by atomic mass is 10.2. The van der Waals surface area contributed by atoms with Gasteiger partial charge in [0.15, 0.2) is 12.5 Å². The molecule has 1 N–H and O–H groups in total. The molecule has 1 aliphatic heterocycles. The van der Waals surface area contributed by atoms with Crippen molar-refractivity contribution in [3.8, 4) is 0 Å². The van der Waals surface area contributed by atoms with Gasteiger partial charge in [-0.1, -0.05) is 19.1 Å². The first-order chi connectivity index (χ1) is 7.79. The molecule has 5 nitrogen and oxygen atoms in total. The number of rotatable bonds is 3. The molecule has 1 amide bonds. The molecule has 0 spiro atoms. The van der Waals surface area contributed by atoms with Crippen LogP contribution in [0, 0.1) is 0 Å². The normalized spacial score (nSPS) is 13.7. The Morgan fingerprint density at radius 2 is 2.38 bits per heavy atom. The summed E-state index contributed by atoms with van der Waals surface area (Å²) >= 11 is 0. The van der Waals surface area contributed by atoms with Crippen LogP contribution < -0.4 is 5.32 Å². The number of aliphatic imine (C=N–C) groups is 1. The predicted molar refractivity (Wildman–Crippen MR) is 61.6 cm³/mol. The maximum absolute atomic E-state index is 11.2. The van der Waals surface area contributed by atoms with Crippen molar-refractivity contribution in [3.05, 3.63) is 29.8 Å². The molecule has 0 saturated carbocycles. The number of carbonyl (C=O) groups is 1. The number of hydrogen-bond acceptors (Lipinski definition) is 4. The standard InChI is InChI=1S/C11H12N4O/c1-2-10(16)14-9-5-3-4-8(6-9)11-12-7-13-15-11/h3-6H,2,7H2,1H3,(H,14,16). The topological polar surface area (TPSA) is 66.2 Å². The van der Waals surface area contributed by atoms with E-state index in [1.807, 2.05) is 31.2 Å². The number of anilines is 1. The Kier molecular flexibility index (Phi) is 3.05. The van der Waals surface area contributed by atoms with Crippen LogP contribution in [0.3, 0.4) is 0 Å². The first-order valence-corrected chi connectivity index (χ1v) is 5.12. The van der Waals surface area contributed by atoms with E-state index in [-0.39, 0.29) is 5.91 Å². The lowest BCUT2D eigenvalue weighted by molar-refractivity contribution is -0.115. The summed E-state index contributed by atoms with van der Waals surface area (Å²) in [7, 11) is 0. The van der Waals surface area contributed by atoms with Crippen molar-refractivity contribution in [1.82, 2.24) is 0 Å². The molecule has 1 aromatic carbocycles. The van der Waals surface area contributed by atoms with Crippen LogP contribution in [-0.4, -0.2) is 18.4 Å². The fraction of sp³-hybridized carbons (Fsp3) is 0.273. The molecule has 0 fully saturated rings. The second-order valence-electron chi connectivity index (χ2n) is 3.35. The number of hydrogen-bond donors (Lipinski definition) is 1. The van der Waals surface area contributed by atoms with Crippen molar-refractivity contribution in [2.24, 2.45) is 15.2 Å². The summed E-state index contributed by atoms with van der Waals surface area (Å²) in [6, 6.07) is 7.43. The van der Waals surface area contributed by atoms with E-state index in [0.29, 0.717) is 18.9 Å². The fourth-order valence-corrected chi connectivity index (χ4v) is 1.36. The molecule has 0 radical (unpaired) electrons. The highest BCUT2D eigenvalue weighted by molar-refractivity contribution is 6.01. The van der Waals surface area contributed by atoms with Crippen LogP contribution in [-0.2, 0) is 4.79 Å². The first kappa shape index (κ1) is 10.5. The monoisotopic (exact) mass is 216 g/mol. The maximum Gasteiger partial charge on any atom is 0.224 e. The molecular weight excluding hydrogens is 204 g/mol. The summed E-state index contributed by atoms with van der Waals surface area (Å²) in [6.07, 6.45) is 0.463. The number of nitrogens with zero attached hydrogens (tertiary/aromatic N) is 3. The lowest BCUT2D eigenvalue weighted by Crippen LogP contribution is -2.09. The molecule has 2 rings (SSSR count). The van der Waals surface area contributed by atoms with E-state index in [9.17, 15) is 4.79 Å². The van der Waals surface area contributed by atoms with Crippen molar-refractivity contribution in [2.75, 3.05) is 12.0 Å². The van der Waals surface area contributed by atoms with Gasteiger partial charge >= 0.3 is 0 Å². The highest BCUT2D eigenvalue weighted by Crippen LogP contribution is 2.14. The summed E-state index contributed by atoms with van der Waals surface area (Å²) < 4.78 is 0. The highest BCUT2D eigenvalue weighted by atomic mass is 16.1. The molecule has 0 atom stereocenters. The lowest BCUT2D eigenvalue weighted by Gasteiger charge is -2.04. The van der Waals surface area contributed by atoms with Crippen LogP contribution in [0.1, 0.15) is 18.9 Å². The van der Waals surface area contributed by atoms with Crippen LogP contribution in [0.5, 0.6) is 0 Å². The van der Waals surface area contributed by atoms with Crippen LogP contribution in [0.25, 0.3) is 0 Å². The second-order valence-corrected chi connectivity index (χ2v) is 3.35. The SMILES string of the molecule is CCC(=O)Nc1cccc(C2=NCN=N2)c1. The minimum Gasteiger partial charge on any atom is -0.326 e. The Morgan fingerprint density at radius 1 is 1.50 bits per heavy atom.